The van der Waals surface area contributed by atoms with Gasteiger partial charge in [-0.25, -0.2) is 0 Å². The summed E-state index contributed by atoms with van der Waals surface area (Å²) in [4.78, 5) is 14.9. The summed E-state index contributed by atoms with van der Waals surface area (Å²) >= 11 is 1.79. The van der Waals surface area contributed by atoms with Crippen molar-refractivity contribution in [3.63, 3.8) is 0 Å². The van der Waals surface area contributed by atoms with Gasteiger partial charge in [-0.05, 0) is 32.3 Å². The molecular weight excluding hydrogens is 308 g/mol. The SMILES string of the molecule is CC1(C)COC(CCc2ccccc2)CN1C(=O)C1CSCN1. The molecule has 2 unspecified atom stereocenters. The molecule has 0 spiro atoms. The van der Waals surface area contributed by atoms with Gasteiger partial charge in [-0.2, -0.15) is 0 Å². The van der Waals surface area contributed by atoms with Crippen molar-refractivity contribution in [1.29, 1.82) is 0 Å². The predicted molar refractivity (Wildman–Crippen MR) is 94.5 cm³/mol. The van der Waals surface area contributed by atoms with Crippen LogP contribution >= 0.6 is 11.8 Å². The van der Waals surface area contributed by atoms with Crippen molar-refractivity contribution in [2.45, 2.75) is 44.4 Å². The molecule has 2 aliphatic rings. The maximum atomic E-state index is 12.8. The number of hydrogen-bond acceptors (Lipinski definition) is 4. The molecule has 1 N–H and O–H groups in total. The second-order valence-corrected chi connectivity index (χ2v) is 8.02. The van der Waals surface area contributed by atoms with Crippen LogP contribution in [0.15, 0.2) is 30.3 Å². The van der Waals surface area contributed by atoms with Crippen LogP contribution in [0.25, 0.3) is 0 Å². The van der Waals surface area contributed by atoms with E-state index in [1.54, 1.807) is 11.8 Å². The number of aryl methyl sites for hydroxylation is 1. The molecule has 23 heavy (non-hydrogen) atoms. The monoisotopic (exact) mass is 334 g/mol. The minimum absolute atomic E-state index is 0.0350. The zero-order valence-corrected chi connectivity index (χ0v) is 14.8. The van der Waals surface area contributed by atoms with Crippen molar-refractivity contribution < 1.29 is 9.53 Å². The number of amides is 1. The van der Waals surface area contributed by atoms with Gasteiger partial charge in [0.2, 0.25) is 5.91 Å². The topological polar surface area (TPSA) is 41.6 Å². The van der Waals surface area contributed by atoms with Gasteiger partial charge in [0.05, 0.1) is 24.3 Å². The average Bonchev–Trinajstić information content (AvgIpc) is 3.08. The van der Waals surface area contributed by atoms with Crippen LogP contribution in [0.2, 0.25) is 0 Å². The molecule has 0 radical (unpaired) electrons. The predicted octanol–water partition coefficient (Wildman–Crippen LogP) is 2.29. The van der Waals surface area contributed by atoms with Gasteiger partial charge in [-0.1, -0.05) is 30.3 Å². The van der Waals surface area contributed by atoms with E-state index in [-0.39, 0.29) is 23.6 Å². The summed E-state index contributed by atoms with van der Waals surface area (Å²) in [6, 6.07) is 10.4. The van der Waals surface area contributed by atoms with Crippen LogP contribution in [-0.4, -0.2) is 53.3 Å². The lowest BCUT2D eigenvalue weighted by Crippen LogP contribution is -2.61. The second kappa shape index (κ2) is 7.24. The van der Waals surface area contributed by atoms with Crippen LogP contribution in [0, 0.1) is 0 Å². The number of carbonyl (C=O) groups is 1. The molecule has 1 aromatic carbocycles. The summed E-state index contributed by atoms with van der Waals surface area (Å²) in [7, 11) is 0. The fraction of sp³-hybridized carbons (Fsp3) is 0.611. The molecule has 4 nitrogen and oxygen atoms in total. The number of carbonyl (C=O) groups excluding carboxylic acids is 1. The number of ether oxygens (including phenoxy) is 1. The van der Waals surface area contributed by atoms with Crippen LogP contribution in [0.4, 0.5) is 0 Å². The largest absolute Gasteiger partial charge is 0.374 e. The molecule has 2 atom stereocenters. The highest BCUT2D eigenvalue weighted by Crippen LogP contribution is 2.26. The third kappa shape index (κ3) is 4.08. The van der Waals surface area contributed by atoms with Gasteiger partial charge in [0, 0.05) is 18.2 Å². The smallest absolute Gasteiger partial charge is 0.241 e. The second-order valence-electron chi connectivity index (χ2n) is 6.99. The summed E-state index contributed by atoms with van der Waals surface area (Å²) in [5.74, 6) is 1.98. The lowest BCUT2D eigenvalue weighted by Gasteiger charge is -2.46. The number of rotatable bonds is 4. The third-order valence-corrected chi connectivity index (χ3v) is 5.61. The molecule has 0 bridgehead atoms. The molecule has 126 valence electrons. The number of thioether (sulfide) groups is 1. The van der Waals surface area contributed by atoms with Gasteiger partial charge < -0.3 is 9.64 Å². The minimum Gasteiger partial charge on any atom is -0.374 e. The van der Waals surface area contributed by atoms with Crippen LogP contribution in [0.1, 0.15) is 25.8 Å². The molecule has 2 aliphatic heterocycles. The molecule has 3 rings (SSSR count). The van der Waals surface area contributed by atoms with Gasteiger partial charge >= 0.3 is 0 Å². The van der Waals surface area contributed by atoms with Crippen molar-refractivity contribution in [3.8, 4) is 0 Å². The Morgan fingerprint density at radius 1 is 1.39 bits per heavy atom. The Balaban J connectivity index is 1.60. The number of benzene rings is 1. The van der Waals surface area contributed by atoms with Crippen LogP contribution < -0.4 is 5.32 Å². The van der Waals surface area contributed by atoms with E-state index < -0.39 is 0 Å². The maximum Gasteiger partial charge on any atom is 0.241 e. The number of morpholine rings is 1. The number of nitrogens with zero attached hydrogens (tertiary/aromatic N) is 1. The van der Waals surface area contributed by atoms with E-state index in [9.17, 15) is 4.79 Å². The molecule has 2 fully saturated rings. The summed E-state index contributed by atoms with van der Waals surface area (Å²) < 4.78 is 6.04. The van der Waals surface area contributed by atoms with Gasteiger partial charge in [0.25, 0.3) is 0 Å². The molecule has 5 heteroatoms. The molecule has 0 aromatic heterocycles. The standard InChI is InChI=1S/C18H26N2O2S/c1-18(2)12-22-15(9-8-14-6-4-3-5-7-14)10-20(18)17(21)16-11-23-13-19-16/h3-7,15-16,19H,8-13H2,1-2H3. The van der Waals surface area contributed by atoms with Crippen molar-refractivity contribution >= 4 is 17.7 Å². The zero-order valence-electron chi connectivity index (χ0n) is 14.0. The summed E-state index contributed by atoms with van der Waals surface area (Å²) in [5, 5.41) is 3.30. The molecular formula is C18H26N2O2S. The Kier molecular flexibility index (Phi) is 5.29. The van der Waals surface area contributed by atoms with Crippen LogP contribution in [0.5, 0.6) is 0 Å². The first-order valence-corrected chi connectivity index (χ1v) is 9.50. The van der Waals surface area contributed by atoms with E-state index in [4.69, 9.17) is 4.74 Å². The molecule has 2 heterocycles. The van der Waals surface area contributed by atoms with Crippen molar-refractivity contribution in [2.75, 3.05) is 24.8 Å². The molecule has 1 amide bonds. The third-order valence-electron chi connectivity index (χ3n) is 4.67. The summed E-state index contributed by atoms with van der Waals surface area (Å²) in [5.41, 5.74) is 1.10. The van der Waals surface area contributed by atoms with Gasteiger partial charge in [-0.3, -0.25) is 10.1 Å². The maximum absolute atomic E-state index is 12.8. The van der Waals surface area contributed by atoms with Crippen LogP contribution in [0.3, 0.4) is 0 Å². The molecule has 1 aromatic rings. The van der Waals surface area contributed by atoms with Crippen molar-refractivity contribution in [1.82, 2.24) is 10.2 Å². The minimum atomic E-state index is -0.227. The van der Waals surface area contributed by atoms with Crippen molar-refractivity contribution in [3.05, 3.63) is 35.9 Å². The van der Waals surface area contributed by atoms with E-state index in [0.29, 0.717) is 13.2 Å². The number of nitrogens with one attached hydrogen (secondary N) is 1. The fourth-order valence-corrected chi connectivity index (χ4v) is 4.11. The van der Waals surface area contributed by atoms with E-state index >= 15 is 0 Å². The van der Waals surface area contributed by atoms with Gasteiger partial charge in [-0.15, -0.1) is 11.8 Å². The first kappa shape index (κ1) is 16.8. The first-order valence-electron chi connectivity index (χ1n) is 8.34. The van der Waals surface area contributed by atoms with Crippen LogP contribution in [-0.2, 0) is 16.0 Å². The quantitative estimate of drug-likeness (QED) is 0.917. The lowest BCUT2D eigenvalue weighted by molar-refractivity contribution is -0.156. The average molecular weight is 334 g/mol. The highest BCUT2D eigenvalue weighted by molar-refractivity contribution is 7.99. The van der Waals surface area contributed by atoms with E-state index in [1.807, 2.05) is 11.0 Å². The Labute approximate surface area is 143 Å². The summed E-state index contributed by atoms with van der Waals surface area (Å²) in [6.07, 6.45) is 2.07. The molecule has 0 aliphatic carbocycles. The summed E-state index contributed by atoms with van der Waals surface area (Å²) in [6.45, 7) is 5.50. The highest BCUT2D eigenvalue weighted by atomic mass is 32.2. The lowest BCUT2D eigenvalue weighted by atomic mass is 9.97. The Hall–Kier alpha value is -1.04. The Morgan fingerprint density at radius 3 is 2.87 bits per heavy atom. The number of hydrogen-bond donors (Lipinski definition) is 1. The first-order chi connectivity index (χ1) is 11.1. The zero-order chi connectivity index (χ0) is 16.3. The Bertz CT molecular complexity index is 529. The molecule has 0 saturated carbocycles. The molecule has 2 saturated heterocycles. The highest BCUT2D eigenvalue weighted by Gasteiger charge is 2.40. The van der Waals surface area contributed by atoms with Crippen molar-refractivity contribution in [2.24, 2.45) is 0 Å². The van der Waals surface area contributed by atoms with Gasteiger partial charge in [0.1, 0.15) is 0 Å². The van der Waals surface area contributed by atoms with E-state index in [2.05, 4.69) is 43.4 Å². The normalized spacial score (nSPS) is 27.1. The fourth-order valence-electron chi connectivity index (χ4n) is 3.18. The van der Waals surface area contributed by atoms with Gasteiger partial charge in [0.15, 0.2) is 0 Å². The Morgan fingerprint density at radius 2 is 2.17 bits per heavy atom. The van der Waals surface area contributed by atoms with E-state index in [0.717, 1.165) is 24.5 Å². The van der Waals surface area contributed by atoms with E-state index in [1.165, 1.54) is 5.56 Å².